The standard InChI is InChI=1S/C10H10O5/c1-13-9(12)10-3-2-6(15-10)5-4-14-8(11)7(5)10/h2-3,5-7H,4H2,1H3/t5-,6-,7-,10-/m1/s1. The Labute approximate surface area is 86.0 Å². The molecule has 0 aromatic heterocycles. The molecule has 5 nitrogen and oxygen atoms in total. The van der Waals surface area contributed by atoms with Gasteiger partial charge in [-0.2, -0.15) is 0 Å². The maximum atomic E-state index is 11.7. The zero-order valence-electron chi connectivity index (χ0n) is 8.14. The molecule has 0 aliphatic carbocycles. The summed E-state index contributed by atoms with van der Waals surface area (Å²) in [5.74, 6) is -1.45. The smallest absolute Gasteiger partial charge is 0.343 e. The number of hydrogen-bond donors (Lipinski definition) is 0. The van der Waals surface area contributed by atoms with Gasteiger partial charge in [0.05, 0.1) is 19.8 Å². The number of carbonyl (C=O) groups excluding carboxylic acids is 2. The summed E-state index contributed by atoms with van der Waals surface area (Å²) >= 11 is 0. The molecule has 0 N–H and O–H groups in total. The molecule has 4 atom stereocenters. The summed E-state index contributed by atoms with van der Waals surface area (Å²) in [5.41, 5.74) is -1.22. The minimum Gasteiger partial charge on any atom is -0.467 e. The van der Waals surface area contributed by atoms with Crippen molar-refractivity contribution in [2.45, 2.75) is 11.7 Å². The Bertz CT molecular complexity index is 374. The first-order valence-electron chi connectivity index (χ1n) is 4.81. The molecule has 2 fully saturated rings. The summed E-state index contributed by atoms with van der Waals surface area (Å²) in [5, 5.41) is 0. The lowest BCUT2D eigenvalue weighted by atomic mass is 9.77. The molecular formula is C10H10O5. The molecule has 3 aliphatic heterocycles. The molecule has 3 aliphatic rings. The third kappa shape index (κ3) is 0.866. The molecule has 0 amide bonds. The van der Waals surface area contributed by atoms with Crippen molar-refractivity contribution in [3.8, 4) is 0 Å². The van der Waals surface area contributed by atoms with E-state index in [0.717, 1.165) is 0 Å². The monoisotopic (exact) mass is 210 g/mol. The maximum Gasteiger partial charge on any atom is 0.343 e. The normalized spacial score (nSPS) is 45.4. The first-order valence-corrected chi connectivity index (χ1v) is 4.81. The number of carbonyl (C=O) groups is 2. The second-order valence-corrected chi connectivity index (χ2v) is 4.00. The Morgan fingerprint density at radius 2 is 2.47 bits per heavy atom. The van der Waals surface area contributed by atoms with Gasteiger partial charge in [-0.15, -0.1) is 0 Å². The van der Waals surface area contributed by atoms with Gasteiger partial charge in [-0.25, -0.2) is 4.79 Å². The average Bonchev–Trinajstić information content (AvgIpc) is 2.89. The third-order valence-corrected chi connectivity index (χ3v) is 3.35. The summed E-state index contributed by atoms with van der Waals surface area (Å²) < 4.78 is 15.2. The topological polar surface area (TPSA) is 61.8 Å². The van der Waals surface area contributed by atoms with E-state index in [2.05, 4.69) is 4.74 Å². The summed E-state index contributed by atoms with van der Waals surface area (Å²) in [7, 11) is 1.29. The molecule has 2 bridgehead atoms. The van der Waals surface area contributed by atoms with Gasteiger partial charge in [-0.05, 0) is 6.08 Å². The highest BCUT2D eigenvalue weighted by molar-refractivity contribution is 5.92. The highest BCUT2D eigenvalue weighted by atomic mass is 16.6. The van der Waals surface area contributed by atoms with Crippen LogP contribution >= 0.6 is 0 Å². The Kier molecular flexibility index (Phi) is 1.55. The van der Waals surface area contributed by atoms with E-state index >= 15 is 0 Å². The van der Waals surface area contributed by atoms with Crippen molar-refractivity contribution in [2.75, 3.05) is 13.7 Å². The number of methoxy groups -OCH3 is 1. The van der Waals surface area contributed by atoms with Gasteiger partial charge in [0.25, 0.3) is 0 Å². The van der Waals surface area contributed by atoms with Crippen LogP contribution in [0.4, 0.5) is 0 Å². The second-order valence-electron chi connectivity index (χ2n) is 4.00. The number of ether oxygens (including phenoxy) is 3. The number of hydrogen-bond acceptors (Lipinski definition) is 5. The van der Waals surface area contributed by atoms with E-state index in [4.69, 9.17) is 9.47 Å². The highest BCUT2D eigenvalue weighted by Gasteiger charge is 2.67. The van der Waals surface area contributed by atoms with Crippen molar-refractivity contribution in [2.24, 2.45) is 11.8 Å². The van der Waals surface area contributed by atoms with Crippen LogP contribution in [0.5, 0.6) is 0 Å². The lowest BCUT2D eigenvalue weighted by molar-refractivity contribution is -0.168. The Morgan fingerprint density at radius 3 is 3.20 bits per heavy atom. The zero-order valence-corrected chi connectivity index (χ0v) is 8.14. The summed E-state index contributed by atoms with van der Waals surface area (Å²) in [4.78, 5) is 23.2. The molecule has 0 saturated carbocycles. The van der Waals surface area contributed by atoms with Crippen molar-refractivity contribution < 1.29 is 23.8 Å². The quantitative estimate of drug-likeness (QED) is 0.437. The van der Waals surface area contributed by atoms with Crippen molar-refractivity contribution in [3.63, 3.8) is 0 Å². The summed E-state index contributed by atoms with van der Waals surface area (Å²) in [6, 6.07) is 0. The van der Waals surface area contributed by atoms with Gasteiger partial charge < -0.3 is 14.2 Å². The SMILES string of the molecule is COC(=O)[C@]12C=C[C@@H](O1)[C@H]1COC(=O)[C@@H]12. The fraction of sp³-hybridized carbons (Fsp3) is 0.600. The zero-order chi connectivity index (χ0) is 10.6. The van der Waals surface area contributed by atoms with Crippen LogP contribution in [-0.4, -0.2) is 37.4 Å². The molecule has 80 valence electrons. The van der Waals surface area contributed by atoms with Crippen molar-refractivity contribution in [1.29, 1.82) is 0 Å². The van der Waals surface area contributed by atoms with E-state index in [-0.39, 0.29) is 18.0 Å². The van der Waals surface area contributed by atoms with E-state index in [1.807, 2.05) is 0 Å². The molecule has 0 spiro atoms. The van der Waals surface area contributed by atoms with Crippen molar-refractivity contribution in [1.82, 2.24) is 0 Å². The highest BCUT2D eigenvalue weighted by Crippen LogP contribution is 2.50. The van der Waals surface area contributed by atoms with Crippen LogP contribution in [0.2, 0.25) is 0 Å². The van der Waals surface area contributed by atoms with E-state index in [9.17, 15) is 9.59 Å². The number of fused-ring (bicyclic) bond motifs is 5. The van der Waals surface area contributed by atoms with Crippen LogP contribution in [0.15, 0.2) is 12.2 Å². The van der Waals surface area contributed by atoms with Crippen molar-refractivity contribution in [3.05, 3.63) is 12.2 Å². The number of cyclic esters (lactones) is 1. The number of esters is 2. The van der Waals surface area contributed by atoms with Gasteiger partial charge in [0.2, 0.25) is 0 Å². The lowest BCUT2D eigenvalue weighted by Crippen LogP contribution is -2.45. The molecule has 3 rings (SSSR count). The van der Waals surface area contributed by atoms with Crippen LogP contribution < -0.4 is 0 Å². The fourth-order valence-electron chi connectivity index (χ4n) is 2.67. The maximum absolute atomic E-state index is 11.7. The van der Waals surface area contributed by atoms with E-state index in [1.165, 1.54) is 7.11 Å². The largest absolute Gasteiger partial charge is 0.467 e. The molecule has 0 radical (unpaired) electrons. The average molecular weight is 210 g/mol. The first-order chi connectivity index (χ1) is 7.19. The van der Waals surface area contributed by atoms with E-state index in [0.29, 0.717) is 6.61 Å². The minimum atomic E-state index is -1.22. The van der Waals surface area contributed by atoms with E-state index < -0.39 is 17.5 Å². The lowest BCUT2D eigenvalue weighted by Gasteiger charge is -2.23. The predicted molar refractivity (Wildman–Crippen MR) is 46.7 cm³/mol. The van der Waals surface area contributed by atoms with Gasteiger partial charge in [-0.3, -0.25) is 4.79 Å². The van der Waals surface area contributed by atoms with E-state index in [1.54, 1.807) is 12.2 Å². The Morgan fingerprint density at radius 1 is 1.67 bits per heavy atom. The van der Waals surface area contributed by atoms with Crippen LogP contribution in [0.3, 0.4) is 0 Å². The molecule has 0 aromatic carbocycles. The molecular weight excluding hydrogens is 200 g/mol. The first kappa shape index (κ1) is 8.91. The molecule has 0 unspecified atom stereocenters. The minimum absolute atomic E-state index is 0.0402. The second kappa shape index (κ2) is 2.61. The predicted octanol–water partition coefficient (Wildman–Crippen LogP) is -0.344. The summed E-state index contributed by atoms with van der Waals surface area (Å²) in [6.07, 6.45) is 3.23. The molecule has 2 saturated heterocycles. The van der Waals surface area contributed by atoms with Crippen LogP contribution in [0, 0.1) is 11.8 Å². The van der Waals surface area contributed by atoms with Gasteiger partial charge in [-0.1, -0.05) is 6.08 Å². The van der Waals surface area contributed by atoms with Crippen LogP contribution in [0.25, 0.3) is 0 Å². The Hall–Kier alpha value is -1.36. The Balaban J connectivity index is 2.06. The molecule has 5 heteroatoms. The van der Waals surface area contributed by atoms with Gasteiger partial charge in [0.15, 0.2) is 5.60 Å². The van der Waals surface area contributed by atoms with Crippen molar-refractivity contribution >= 4 is 11.9 Å². The van der Waals surface area contributed by atoms with Crippen LogP contribution in [0.1, 0.15) is 0 Å². The van der Waals surface area contributed by atoms with Gasteiger partial charge in [0, 0.05) is 5.92 Å². The molecule has 15 heavy (non-hydrogen) atoms. The molecule has 3 heterocycles. The fourth-order valence-corrected chi connectivity index (χ4v) is 2.67. The van der Waals surface area contributed by atoms with Crippen LogP contribution in [-0.2, 0) is 23.8 Å². The summed E-state index contributed by atoms with van der Waals surface area (Å²) in [6.45, 7) is 0.331. The number of rotatable bonds is 1. The molecule has 0 aromatic rings. The van der Waals surface area contributed by atoms with Gasteiger partial charge in [0.1, 0.15) is 5.92 Å². The third-order valence-electron chi connectivity index (χ3n) is 3.35. The van der Waals surface area contributed by atoms with Gasteiger partial charge >= 0.3 is 11.9 Å².